The minimum absolute atomic E-state index is 0.0692. The van der Waals surface area contributed by atoms with E-state index in [-0.39, 0.29) is 17.8 Å². The zero-order chi connectivity index (χ0) is 21.5. The molecule has 9 nitrogen and oxygen atoms in total. The molecule has 0 fully saturated rings. The van der Waals surface area contributed by atoms with Crippen molar-refractivity contribution in [2.45, 2.75) is 19.9 Å². The third kappa shape index (κ3) is 5.09. The molecule has 0 radical (unpaired) electrons. The third-order valence-corrected chi connectivity index (χ3v) is 5.12. The first-order chi connectivity index (χ1) is 14.5. The predicted molar refractivity (Wildman–Crippen MR) is 112 cm³/mol. The Morgan fingerprint density at radius 3 is 2.60 bits per heavy atom. The number of thiophene rings is 1. The first-order valence-electron chi connectivity index (χ1n) is 9.26. The molecule has 1 aromatic carbocycles. The predicted octanol–water partition coefficient (Wildman–Crippen LogP) is 1.70. The van der Waals surface area contributed by atoms with Gasteiger partial charge in [-0.3, -0.25) is 14.9 Å². The normalized spacial score (nSPS) is 10.6. The number of esters is 1. The number of nitrogens with zero attached hydrogens (tertiary/aromatic N) is 2. The molecule has 156 valence electrons. The molecule has 3 aromatic rings. The van der Waals surface area contributed by atoms with Crippen LogP contribution in [0.5, 0.6) is 0 Å². The third-order valence-electron chi connectivity index (χ3n) is 4.18. The van der Waals surface area contributed by atoms with E-state index in [2.05, 4.69) is 15.7 Å². The Bertz CT molecular complexity index is 1120. The van der Waals surface area contributed by atoms with Gasteiger partial charge in [0.15, 0.2) is 12.3 Å². The van der Waals surface area contributed by atoms with Crippen molar-refractivity contribution in [2.24, 2.45) is 0 Å². The van der Waals surface area contributed by atoms with Gasteiger partial charge in [-0.05, 0) is 30.9 Å². The van der Waals surface area contributed by atoms with Gasteiger partial charge in [-0.1, -0.05) is 24.3 Å². The zero-order valence-corrected chi connectivity index (χ0v) is 17.0. The molecule has 0 atom stereocenters. The van der Waals surface area contributed by atoms with Crippen molar-refractivity contribution in [1.29, 1.82) is 0 Å². The number of hydrogen-bond acceptors (Lipinski definition) is 7. The molecule has 0 spiro atoms. The van der Waals surface area contributed by atoms with Crippen molar-refractivity contribution in [1.82, 2.24) is 20.4 Å². The summed E-state index contributed by atoms with van der Waals surface area (Å²) < 4.78 is 6.15. The van der Waals surface area contributed by atoms with Gasteiger partial charge in [0.05, 0.1) is 5.39 Å². The van der Waals surface area contributed by atoms with E-state index in [0.29, 0.717) is 23.7 Å². The van der Waals surface area contributed by atoms with Crippen molar-refractivity contribution < 1.29 is 19.1 Å². The number of carbonyl (C=O) groups excluding carboxylic acids is 3. The highest BCUT2D eigenvalue weighted by Crippen LogP contribution is 2.14. The van der Waals surface area contributed by atoms with Crippen LogP contribution in [0.3, 0.4) is 0 Å². The fraction of sp³-hybridized carbons (Fsp3) is 0.250. The van der Waals surface area contributed by atoms with E-state index in [4.69, 9.17) is 4.74 Å². The van der Waals surface area contributed by atoms with Gasteiger partial charge >= 0.3 is 12.0 Å². The molecular formula is C20H20N4O5S. The van der Waals surface area contributed by atoms with E-state index in [1.807, 2.05) is 17.5 Å². The molecule has 3 rings (SSSR count). The smallest absolute Gasteiger partial charge is 0.359 e. The number of aryl methyl sites for hydroxylation is 1. The lowest BCUT2D eigenvalue weighted by Gasteiger charge is -2.10. The Hall–Kier alpha value is -3.53. The van der Waals surface area contributed by atoms with E-state index in [9.17, 15) is 19.2 Å². The summed E-state index contributed by atoms with van der Waals surface area (Å²) in [5.41, 5.74) is -0.387. The summed E-state index contributed by atoms with van der Waals surface area (Å²) in [5.74, 6) is -1.63. The summed E-state index contributed by atoms with van der Waals surface area (Å²) in [6, 6.07) is 9.73. The van der Waals surface area contributed by atoms with Crippen molar-refractivity contribution in [3.8, 4) is 0 Å². The van der Waals surface area contributed by atoms with E-state index in [0.717, 1.165) is 9.56 Å². The number of aromatic nitrogens is 2. The van der Waals surface area contributed by atoms with Crippen LogP contribution in [0.15, 0.2) is 46.6 Å². The van der Waals surface area contributed by atoms with E-state index < -0.39 is 24.5 Å². The summed E-state index contributed by atoms with van der Waals surface area (Å²) in [6.45, 7) is 1.71. The second-order valence-corrected chi connectivity index (χ2v) is 7.26. The molecule has 2 N–H and O–H groups in total. The van der Waals surface area contributed by atoms with Gasteiger partial charge in [-0.25, -0.2) is 14.3 Å². The Labute approximate surface area is 175 Å². The molecule has 2 heterocycles. The minimum Gasteiger partial charge on any atom is -0.451 e. The maximum atomic E-state index is 12.5. The highest BCUT2D eigenvalue weighted by Gasteiger charge is 2.19. The molecule has 0 saturated carbocycles. The number of hydrogen-bond donors (Lipinski definition) is 2. The molecule has 0 aliphatic heterocycles. The van der Waals surface area contributed by atoms with Gasteiger partial charge in [0.25, 0.3) is 11.5 Å². The molecule has 10 heteroatoms. The van der Waals surface area contributed by atoms with Crippen LogP contribution in [0.2, 0.25) is 0 Å². The molecule has 0 saturated heterocycles. The lowest BCUT2D eigenvalue weighted by atomic mass is 10.1. The Balaban J connectivity index is 1.56. The Kier molecular flexibility index (Phi) is 6.91. The molecule has 2 aromatic heterocycles. The van der Waals surface area contributed by atoms with E-state index in [1.165, 1.54) is 0 Å². The maximum absolute atomic E-state index is 12.5. The first-order valence-corrected chi connectivity index (χ1v) is 10.1. The SMILES string of the molecule is CCn1nc(C(=O)OCC(=O)NC(=O)NCCc2cccs2)c2ccccc2c1=O. The quantitative estimate of drug-likeness (QED) is 0.553. The van der Waals surface area contributed by atoms with Crippen LogP contribution < -0.4 is 16.2 Å². The molecule has 30 heavy (non-hydrogen) atoms. The summed E-state index contributed by atoms with van der Waals surface area (Å²) in [4.78, 5) is 49.6. The number of rotatable bonds is 7. The Morgan fingerprint density at radius 1 is 1.13 bits per heavy atom. The molecular weight excluding hydrogens is 408 g/mol. The first kappa shape index (κ1) is 21.2. The van der Waals surface area contributed by atoms with Crippen LogP contribution in [0.1, 0.15) is 22.3 Å². The number of carbonyl (C=O) groups is 3. The van der Waals surface area contributed by atoms with Crippen LogP contribution in [0.25, 0.3) is 10.8 Å². The Morgan fingerprint density at radius 2 is 1.90 bits per heavy atom. The number of ether oxygens (including phenoxy) is 1. The monoisotopic (exact) mass is 428 g/mol. The lowest BCUT2D eigenvalue weighted by molar-refractivity contribution is -0.123. The number of amides is 3. The minimum atomic E-state index is -0.860. The van der Waals surface area contributed by atoms with Crippen LogP contribution in [-0.2, 0) is 22.5 Å². The topological polar surface area (TPSA) is 119 Å². The van der Waals surface area contributed by atoms with Gasteiger partial charge in [-0.15, -0.1) is 11.3 Å². The fourth-order valence-electron chi connectivity index (χ4n) is 2.76. The maximum Gasteiger partial charge on any atom is 0.359 e. The van der Waals surface area contributed by atoms with Gasteiger partial charge in [0.1, 0.15) is 0 Å². The summed E-state index contributed by atoms with van der Waals surface area (Å²) in [7, 11) is 0. The molecule has 0 aliphatic rings. The molecule has 3 amide bonds. The highest BCUT2D eigenvalue weighted by molar-refractivity contribution is 7.09. The molecule has 0 unspecified atom stereocenters. The van der Waals surface area contributed by atoms with Gasteiger partial charge in [-0.2, -0.15) is 5.10 Å². The standard InChI is InChI=1S/C20H20N4O5S/c1-2-24-18(26)15-8-4-3-7-14(15)17(23-24)19(27)29-12-16(25)22-20(28)21-10-9-13-6-5-11-30-13/h3-8,11H,2,9-10,12H2,1H3,(H2,21,22,25,28). The highest BCUT2D eigenvalue weighted by atomic mass is 32.1. The second kappa shape index (κ2) is 9.79. The summed E-state index contributed by atoms with van der Waals surface area (Å²) in [5, 5.41) is 11.3. The number of imide groups is 1. The van der Waals surface area contributed by atoms with Crippen molar-refractivity contribution in [2.75, 3.05) is 13.2 Å². The van der Waals surface area contributed by atoms with Gasteiger partial charge < -0.3 is 10.1 Å². The summed E-state index contributed by atoms with van der Waals surface area (Å²) in [6.07, 6.45) is 0.653. The number of urea groups is 1. The van der Waals surface area contributed by atoms with Crippen LogP contribution in [0.4, 0.5) is 4.79 Å². The number of benzene rings is 1. The summed E-state index contributed by atoms with van der Waals surface area (Å²) >= 11 is 1.58. The average molecular weight is 428 g/mol. The van der Waals surface area contributed by atoms with Crippen LogP contribution in [-0.4, -0.2) is 40.8 Å². The average Bonchev–Trinajstić information content (AvgIpc) is 3.26. The zero-order valence-electron chi connectivity index (χ0n) is 16.2. The van der Waals surface area contributed by atoms with Gasteiger partial charge in [0.2, 0.25) is 0 Å². The largest absolute Gasteiger partial charge is 0.451 e. The molecule has 0 bridgehead atoms. The van der Waals surface area contributed by atoms with Crippen molar-refractivity contribution in [3.63, 3.8) is 0 Å². The van der Waals surface area contributed by atoms with E-state index >= 15 is 0 Å². The van der Waals surface area contributed by atoms with Crippen molar-refractivity contribution in [3.05, 3.63) is 62.7 Å². The number of fused-ring (bicyclic) bond motifs is 1. The molecule has 0 aliphatic carbocycles. The van der Waals surface area contributed by atoms with Gasteiger partial charge in [0, 0.05) is 23.4 Å². The van der Waals surface area contributed by atoms with Crippen molar-refractivity contribution >= 4 is 40.0 Å². The second-order valence-electron chi connectivity index (χ2n) is 6.22. The van der Waals surface area contributed by atoms with Crippen LogP contribution in [0, 0.1) is 0 Å². The fourth-order valence-corrected chi connectivity index (χ4v) is 3.47. The lowest BCUT2D eigenvalue weighted by Crippen LogP contribution is -2.42. The number of nitrogens with one attached hydrogen (secondary N) is 2. The van der Waals surface area contributed by atoms with Crippen LogP contribution >= 0.6 is 11.3 Å². The van der Waals surface area contributed by atoms with E-state index in [1.54, 1.807) is 42.5 Å².